The molecule has 0 aliphatic heterocycles. The third kappa shape index (κ3) is 6.74. The summed E-state index contributed by atoms with van der Waals surface area (Å²) in [7, 11) is -3.35. The first-order valence-corrected chi connectivity index (χ1v) is 8.50. The molecule has 0 amide bonds. The number of rotatable bonds is 7. The second-order valence-electron chi connectivity index (χ2n) is 4.48. The van der Waals surface area contributed by atoms with Gasteiger partial charge in [0.2, 0.25) is 10.0 Å². The molecule has 5 nitrogen and oxygen atoms in total. The Labute approximate surface area is 126 Å². The van der Waals surface area contributed by atoms with E-state index in [1.165, 1.54) is 0 Å². The van der Waals surface area contributed by atoms with Gasteiger partial charge in [0.1, 0.15) is 0 Å². The first-order valence-electron chi connectivity index (χ1n) is 6.85. The molecule has 3 N–H and O–H groups in total. The standard InChI is InChI=1S/C15H22N2O3S/c1-3-20-11-12-21(18,19)17-13(2)15-8-6-14(7-9-15)5-4-10-16/h6-9,13,17H,3,10-12,16H2,1-2H3. The van der Waals surface area contributed by atoms with Crippen LogP contribution in [0.2, 0.25) is 0 Å². The molecule has 1 aromatic rings. The molecule has 0 aliphatic rings. The van der Waals surface area contributed by atoms with Gasteiger partial charge in [0, 0.05) is 18.2 Å². The van der Waals surface area contributed by atoms with E-state index in [2.05, 4.69) is 16.6 Å². The van der Waals surface area contributed by atoms with Gasteiger partial charge in [0.15, 0.2) is 0 Å². The van der Waals surface area contributed by atoms with Crippen LogP contribution in [0.5, 0.6) is 0 Å². The van der Waals surface area contributed by atoms with Crippen LogP contribution in [0.1, 0.15) is 31.0 Å². The maximum atomic E-state index is 11.9. The minimum atomic E-state index is -3.35. The Hall–Kier alpha value is -1.39. The molecular formula is C15H22N2O3S. The fraction of sp³-hybridized carbons (Fsp3) is 0.467. The van der Waals surface area contributed by atoms with E-state index in [9.17, 15) is 8.42 Å². The summed E-state index contributed by atoms with van der Waals surface area (Å²) >= 11 is 0. The predicted octanol–water partition coefficient (Wildman–Crippen LogP) is 1.01. The molecular weight excluding hydrogens is 288 g/mol. The molecule has 1 rings (SSSR count). The molecule has 0 heterocycles. The summed E-state index contributed by atoms with van der Waals surface area (Å²) in [5, 5.41) is 0. The quantitative estimate of drug-likeness (QED) is 0.582. The average molecular weight is 310 g/mol. The minimum absolute atomic E-state index is 0.0365. The Kier molecular flexibility index (Phi) is 7.40. The van der Waals surface area contributed by atoms with Gasteiger partial charge < -0.3 is 10.5 Å². The van der Waals surface area contributed by atoms with Crippen molar-refractivity contribution >= 4 is 10.0 Å². The molecule has 0 aliphatic carbocycles. The van der Waals surface area contributed by atoms with Crippen LogP contribution in [0, 0.1) is 11.8 Å². The minimum Gasteiger partial charge on any atom is -0.381 e. The van der Waals surface area contributed by atoms with Gasteiger partial charge in [-0.15, -0.1) is 0 Å². The van der Waals surface area contributed by atoms with E-state index in [1.807, 2.05) is 31.2 Å². The Balaban J connectivity index is 2.64. The van der Waals surface area contributed by atoms with Crippen LogP contribution in [0.25, 0.3) is 0 Å². The number of hydrogen-bond acceptors (Lipinski definition) is 4. The number of nitrogens with one attached hydrogen (secondary N) is 1. The molecule has 21 heavy (non-hydrogen) atoms. The first-order chi connectivity index (χ1) is 9.98. The van der Waals surface area contributed by atoms with E-state index in [0.29, 0.717) is 13.2 Å². The van der Waals surface area contributed by atoms with Crippen LogP contribution < -0.4 is 10.5 Å². The smallest absolute Gasteiger partial charge is 0.214 e. The van der Waals surface area contributed by atoms with Crippen molar-refractivity contribution in [3.63, 3.8) is 0 Å². The molecule has 0 radical (unpaired) electrons. The van der Waals surface area contributed by atoms with Gasteiger partial charge in [0.25, 0.3) is 0 Å². The third-order valence-electron chi connectivity index (χ3n) is 2.80. The summed E-state index contributed by atoms with van der Waals surface area (Å²) < 4.78 is 31.4. The number of benzene rings is 1. The summed E-state index contributed by atoms with van der Waals surface area (Å²) in [6.45, 7) is 4.66. The van der Waals surface area contributed by atoms with Crippen molar-refractivity contribution < 1.29 is 13.2 Å². The van der Waals surface area contributed by atoms with Crippen LogP contribution in [0.3, 0.4) is 0 Å². The lowest BCUT2D eigenvalue weighted by Gasteiger charge is -2.14. The van der Waals surface area contributed by atoms with Crippen LogP contribution in [-0.4, -0.2) is 33.9 Å². The van der Waals surface area contributed by atoms with E-state index in [0.717, 1.165) is 11.1 Å². The Morgan fingerprint density at radius 2 is 2.00 bits per heavy atom. The van der Waals surface area contributed by atoms with Crippen LogP contribution >= 0.6 is 0 Å². The molecule has 0 spiro atoms. The highest BCUT2D eigenvalue weighted by molar-refractivity contribution is 7.89. The van der Waals surface area contributed by atoms with Crippen molar-refractivity contribution in [1.82, 2.24) is 4.72 Å². The molecule has 0 aromatic heterocycles. The summed E-state index contributed by atoms with van der Waals surface area (Å²) in [4.78, 5) is 0. The highest BCUT2D eigenvalue weighted by Gasteiger charge is 2.15. The number of hydrogen-bond donors (Lipinski definition) is 2. The van der Waals surface area contributed by atoms with Crippen molar-refractivity contribution in [2.45, 2.75) is 19.9 Å². The Morgan fingerprint density at radius 1 is 1.33 bits per heavy atom. The molecule has 1 unspecified atom stereocenters. The van der Waals surface area contributed by atoms with Gasteiger partial charge in [-0.2, -0.15) is 0 Å². The Bertz CT molecular complexity index is 586. The zero-order valence-corrected chi connectivity index (χ0v) is 13.2. The van der Waals surface area contributed by atoms with E-state index in [4.69, 9.17) is 10.5 Å². The van der Waals surface area contributed by atoms with E-state index >= 15 is 0 Å². The van der Waals surface area contributed by atoms with Crippen molar-refractivity contribution in [1.29, 1.82) is 0 Å². The summed E-state index contributed by atoms with van der Waals surface area (Å²) in [6.07, 6.45) is 0. The molecule has 1 aromatic carbocycles. The maximum absolute atomic E-state index is 11.9. The highest BCUT2D eigenvalue weighted by atomic mass is 32.2. The largest absolute Gasteiger partial charge is 0.381 e. The van der Waals surface area contributed by atoms with Gasteiger partial charge in [-0.1, -0.05) is 24.0 Å². The van der Waals surface area contributed by atoms with Gasteiger partial charge in [-0.3, -0.25) is 0 Å². The second-order valence-corrected chi connectivity index (χ2v) is 6.36. The van der Waals surface area contributed by atoms with Crippen molar-refractivity contribution in [3.8, 4) is 11.8 Å². The zero-order valence-electron chi connectivity index (χ0n) is 12.4. The van der Waals surface area contributed by atoms with Crippen LogP contribution in [0.15, 0.2) is 24.3 Å². The van der Waals surface area contributed by atoms with Gasteiger partial charge in [0.05, 0.1) is 18.9 Å². The van der Waals surface area contributed by atoms with E-state index < -0.39 is 10.0 Å². The molecule has 0 saturated heterocycles. The highest BCUT2D eigenvalue weighted by Crippen LogP contribution is 2.14. The average Bonchev–Trinajstić information content (AvgIpc) is 2.45. The Morgan fingerprint density at radius 3 is 2.57 bits per heavy atom. The second kappa shape index (κ2) is 8.80. The first kappa shape index (κ1) is 17.7. The van der Waals surface area contributed by atoms with Gasteiger partial charge in [-0.05, 0) is 31.5 Å². The van der Waals surface area contributed by atoms with Crippen LogP contribution in [-0.2, 0) is 14.8 Å². The SMILES string of the molecule is CCOCCS(=O)(=O)NC(C)c1ccc(C#CCN)cc1. The summed E-state index contributed by atoms with van der Waals surface area (Å²) in [6, 6.07) is 7.12. The van der Waals surface area contributed by atoms with Gasteiger partial charge in [-0.25, -0.2) is 13.1 Å². The summed E-state index contributed by atoms with van der Waals surface area (Å²) in [5.41, 5.74) is 7.05. The van der Waals surface area contributed by atoms with Crippen molar-refractivity contribution in [2.24, 2.45) is 5.73 Å². The van der Waals surface area contributed by atoms with Crippen molar-refractivity contribution in [3.05, 3.63) is 35.4 Å². The lowest BCUT2D eigenvalue weighted by atomic mass is 10.1. The summed E-state index contributed by atoms with van der Waals surface area (Å²) in [5.74, 6) is 5.66. The van der Waals surface area contributed by atoms with Crippen LogP contribution in [0.4, 0.5) is 0 Å². The zero-order chi connectivity index (χ0) is 15.7. The fourth-order valence-electron chi connectivity index (χ4n) is 1.72. The molecule has 6 heteroatoms. The van der Waals surface area contributed by atoms with Gasteiger partial charge >= 0.3 is 0 Å². The van der Waals surface area contributed by atoms with Crippen molar-refractivity contribution in [2.75, 3.05) is 25.5 Å². The predicted molar refractivity (Wildman–Crippen MR) is 84.2 cm³/mol. The normalized spacial score (nSPS) is 12.5. The number of ether oxygens (including phenoxy) is 1. The number of nitrogens with two attached hydrogens (primary N) is 1. The molecule has 0 saturated carbocycles. The molecule has 0 fully saturated rings. The topological polar surface area (TPSA) is 81.4 Å². The third-order valence-corrected chi connectivity index (χ3v) is 4.22. The monoisotopic (exact) mass is 310 g/mol. The molecule has 1 atom stereocenters. The molecule has 0 bridgehead atoms. The van der Waals surface area contributed by atoms with E-state index in [1.54, 1.807) is 6.92 Å². The number of sulfonamides is 1. The molecule has 116 valence electrons. The lowest BCUT2D eigenvalue weighted by molar-refractivity contribution is 0.163. The van der Waals surface area contributed by atoms with E-state index in [-0.39, 0.29) is 18.4 Å². The lowest BCUT2D eigenvalue weighted by Crippen LogP contribution is -2.30. The fourth-order valence-corrected chi connectivity index (χ4v) is 2.85. The maximum Gasteiger partial charge on any atom is 0.214 e.